The zero-order valence-electron chi connectivity index (χ0n) is 12.2. The van der Waals surface area contributed by atoms with Crippen LogP contribution in [0.2, 0.25) is 0 Å². The zero-order valence-corrected chi connectivity index (χ0v) is 12.2. The molecular formula is C17H19NO3. The second-order valence-electron chi connectivity index (χ2n) is 5.14. The Morgan fingerprint density at radius 3 is 2.29 bits per heavy atom. The fourth-order valence-corrected chi connectivity index (χ4v) is 1.85. The van der Waals surface area contributed by atoms with Gasteiger partial charge in [-0.3, -0.25) is 5.32 Å². The van der Waals surface area contributed by atoms with Crippen LogP contribution in [0.4, 0.5) is 10.5 Å². The summed E-state index contributed by atoms with van der Waals surface area (Å²) in [5.41, 5.74) is 2.74. The molecule has 4 nitrogen and oxygen atoms in total. The van der Waals surface area contributed by atoms with Crippen molar-refractivity contribution in [3.05, 3.63) is 59.7 Å². The van der Waals surface area contributed by atoms with Crippen molar-refractivity contribution in [1.82, 2.24) is 0 Å². The lowest BCUT2D eigenvalue weighted by Crippen LogP contribution is -2.13. The normalized spacial score (nSPS) is 10.4. The maximum absolute atomic E-state index is 11.7. The van der Waals surface area contributed by atoms with Gasteiger partial charge in [-0.25, -0.2) is 4.79 Å². The van der Waals surface area contributed by atoms with E-state index in [4.69, 9.17) is 4.74 Å². The van der Waals surface area contributed by atoms with Crippen LogP contribution >= 0.6 is 0 Å². The van der Waals surface area contributed by atoms with E-state index in [0.29, 0.717) is 11.6 Å². The van der Waals surface area contributed by atoms with Crippen LogP contribution in [0.1, 0.15) is 30.9 Å². The summed E-state index contributed by atoms with van der Waals surface area (Å²) in [5, 5.41) is 11.8. The maximum atomic E-state index is 11.7. The number of benzene rings is 2. The van der Waals surface area contributed by atoms with Crippen LogP contribution in [-0.2, 0) is 11.3 Å². The molecular weight excluding hydrogens is 266 g/mol. The number of anilines is 1. The van der Waals surface area contributed by atoms with Crippen molar-refractivity contribution in [3.63, 3.8) is 0 Å². The Morgan fingerprint density at radius 1 is 1.10 bits per heavy atom. The van der Waals surface area contributed by atoms with Gasteiger partial charge in [0.25, 0.3) is 0 Å². The summed E-state index contributed by atoms with van der Waals surface area (Å²) >= 11 is 0. The fourth-order valence-electron chi connectivity index (χ4n) is 1.85. The lowest BCUT2D eigenvalue weighted by atomic mass is 10.0. The number of phenols is 1. The molecule has 0 spiro atoms. The molecule has 0 unspecified atom stereocenters. The summed E-state index contributed by atoms with van der Waals surface area (Å²) in [6.07, 6.45) is -0.500. The first-order valence-electron chi connectivity index (χ1n) is 6.86. The van der Waals surface area contributed by atoms with Gasteiger partial charge in [-0.2, -0.15) is 0 Å². The van der Waals surface area contributed by atoms with Crippen LogP contribution in [0.5, 0.6) is 5.75 Å². The number of aromatic hydroxyl groups is 1. The number of ether oxygens (including phenoxy) is 1. The van der Waals surface area contributed by atoms with E-state index >= 15 is 0 Å². The summed E-state index contributed by atoms with van der Waals surface area (Å²) in [7, 11) is 0. The highest BCUT2D eigenvalue weighted by atomic mass is 16.5. The molecule has 0 bridgehead atoms. The van der Waals surface area contributed by atoms with Gasteiger partial charge in [0, 0.05) is 5.69 Å². The summed E-state index contributed by atoms with van der Waals surface area (Å²) in [6, 6.07) is 14.2. The highest BCUT2D eigenvalue weighted by Crippen LogP contribution is 2.17. The van der Waals surface area contributed by atoms with Gasteiger partial charge >= 0.3 is 6.09 Å². The highest BCUT2D eigenvalue weighted by molar-refractivity contribution is 5.84. The molecule has 2 aromatic carbocycles. The van der Waals surface area contributed by atoms with Crippen molar-refractivity contribution in [2.75, 3.05) is 5.32 Å². The molecule has 0 atom stereocenters. The summed E-state index contributed by atoms with van der Waals surface area (Å²) in [6.45, 7) is 4.40. The lowest BCUT2D eigenvalue weighted by molar-refractivity contribution is 0.155. The molecule has 0 saturated carbocycles. The minimum atomic E-state index is -0.500. The van der Waals surface area contributed by atoms with E-state index in [1.807, 2.05) is 24.3 Å². The van der Waals surface area contributed by atoms with Crippen LogP contribution < -0.4 is 5.32 Å². The summed E-state index contributed by atoms with van der Waals surface area (Å²) < 4.78 is 5.12. The Bertz CT molecular complexity index is 588. The van der Waals surface area contributed by atoms with Gasteiger partial charge in [0.2, 0.25) is 0 Å². The third kappa shape index (κ3) is 4.53. The predicted octanol–water partition coefficient (Wildman–Crippen LogP) is 4.26. The van der Waals surface area contributed by atoms with Crippen LogP contribution in [0.3, 0.4) is 0 Å². The van der Waals surface area contributed by atoms with E-state index in [1.165, 1.54) is 5.56 Å². The van der Waals surface area contributed by atoms with Gasteiger partial charge in [-0.15, -0.1) is 0 Å². The Balaban J connectivity index is 1.85. The van der Waals surface area contributed by atoms with Crippen molar-refractivity contribution < 1.29 is 14.6 Å². The number of amides is 1. The summed E-state index contributed by atoms with van der Waals surface area (Å²) in [5.74, 6) is 0.647. The molecule has 2 N–H and O–H groups in total. The molecule has 0 radical (unpaired) electrons. The molecule has 2 aromatic rings. The quantitative estimate of drug-likeness (QED) is 0.882. The van der Waals surface area contributed by atoms with Crippen molar-refractivity contribution in [2.24, 2.45) is 0 Å². The average Bonchev–Trinajstić information content (AvgIpc) is 2.47. The van der Waals surface area contributed by atoms with E-state index in [1.54, 1.807) is 24.3 Å². The smallest absolute Gasteiger partial charge is 0.411 e. The average molecular weight is 285 g/mol. The fraction of sp³-hybridized carbons (Fsp3) is 0.235. The van der Waals surface area contributed by atoms with Gasteiger partial charge in [0.05, 0.1) is 0 Å². The molecule has 0 fully saturated rings. The van der Waals surface area contributed by atoms with Gasteiger partial charge in [-0.05, 0) is 41.3 Å². The van der Waals surface area contributed by atoms with E-state index in [-0.39, 0.29) is 12.4 Å². The number of rotatable bonds is 4. The molecule has 0 heterocycles. The number of phenolic OH excluding ortho intramolecular Hbond substituents is 1. The Morgan fingerprint density at radius 2 is 1.71 bits per heavy atom. The molecule has 0 aliphatic heterocycles. The molecule has 0 aliphatic carbocycles. The molecule has 0 aliphatic rings. The van der Waals surface area contributed by atoms with Crippen LogP contribution in [0.15, 0.2) is 48.5 Å². The number of carbonyl (C=O) groups is 1. The first kappa shape index (κ1) is 14.9. The Labute approximate surface area is 124 Å². The minimum absolute atomic E-state index is 0.163. The summed E-state index contributed by atoms with van der Waals surface area (Å²) in [4.78, 5) is 11.7. The SMILES string of the molecule is CC(C)c1ccc(NC(=O)OCc2ccc(O)cc2)cc1. The number of nitrogens with one attached hydrogen (secondary N) is 1. The number of carbonyl (C=O) groups excluding carboxylic acids is 1. The van der Waals surface area contributed by atoms with Gasteiger partial charge in [0.1, 0.15) is 12.4 Å². The predicted molar refractivity (Wildman–Crippen MR) is 82.4 cm³/mol. The molecule has 0 saturated heterocycles. The van der Waals surface area contributed by atoms with Gasteiger partial charge in [-0.1, -0.05) is 38.1 Å². The van der Waals surface area contributed by atoms with Crippen molar-refractivity contribution in [2.45, 2.75) is 26.4 Å². The lowest BCUT2D eigenvalue weighted by Gasteiger charge is -2.09. The van der Waals surface area contributed by atoms with Gasteiger partial charge < -0.3 is 9.84 Å². The largest absolute Gasteiger partial charge is 0.508 e. The minimum Gasteiger partial charge on any atom is -0.508 e. The Hall–Kier alpha value is -2.49. The van der Waals surface area contributed by atoms with Crippen molar-refractivity contribution in [3.8, 4) is 5.75 Å². The molecule has 0 aromatic heterocycles. The number of hydrogen-bond acceptors (Lipinski definition) is 3. The van der Waals surface area contributed by atoms with E-state index in [2.05, 4.69) is 19.2 Å². The third-order valence-corrected chi connectivity index (χ3v) is 3.13. The molecule has 1 amide bonds. The topological polar surface area (TPSA) is 58.6 Å². The zero-order chi connectivity index (χ0) is 15.2. The van der Waals surface area contributed by atoms with E-state index < -0.39 is 6.09 Å². The van der Waals surface area contributed by atoms with Crippen molar-refractivity contribution in [1.29, 1.82) is 0 Å². The van der Waals surface area contributed by atoms with E-state index in [0.717, 1.165) is 5.56 Å². The standard InChI is InChI=1S/C17H19NO3/c1-12(2)14-5-7-15(8-6-14)18-17(20)21-11-13-3-9-16(19)10-4-13/h3-10,12,19H,11H2,1-2H3,(H,18,20). The second-order valence-corrected chi connectivity index (χ2v) is 5.14. The first-order chi connectivity index (χ1) is 10.0. The second kappa shape index (κ2) is 6.79. The maximum Gasteiger partial charge on any atom is 0.411 e. The van der Waals surface area contributed by atoms with Gasteiger partial charge in [0.15, 0.2) is 0 Å². The highest BCUT2D eigenvalue weighted by Gasteiger charge is 2.05. The van der Waals surface area contributed by atoms with Crippen molar-refractivity contribution >= 4 is 11.8 Å². The Kier molecular flexibility index (Phi) is 4.82. The van der Waals surface area contributed by atoms with Crippen LogP contribution in [-0.4, -0.2) is 11.2 Å². The molecule has 21 heavy (non-hydrogen) atoms. The van der Waals surface area contributed by atoms with E-state index in [9.17, 15) is 9.90 Å². The third-order valence-electron chi connectivity index (χ3n) is 3.13. The molecule has 4 heteroatoms. The van der Waals surface area contributed by atoms with Crippen LogP contribution in [0.25, 0.3) is 0 Å². The monoisotopic (exact) mass is 285 g/mol. The molecule has 110 valence electrons. The number of hydrogen-bond donors (Lipinski definition) is 2. The molecule has 2 rings (SSSR count). The first-order valence-corrected chi connectivity index (χ1v) is 6.86. The van der Waals surface area contributed by atoms with Crippen LogP contribution in [0, 0.1) is 0 Å².